The Hall–Kier alpha value is -1.89. The van der Waals surface area contributed by atoms with Crippen molar-refractivity contribution in [2.75, 3.05) is 31.7 Å². The van der Waals surface area contributed by atoms with E-state index < -0.39 is 4.92 Å². The van der Waals surface area contributed by atoms with E-state index in [1.165, 1.54) is 12.1 Å². The van der Waals surface area contributed by atoms with Gasteiger partial charge < -0.3 is 14.8 Å². The summed E-state index contributed by atoms with van der Waals surface area (Å²) in [6.45, 7) is 6.17. The van der Waals surface area contributed by atoms with Crippen LogP contribution in [0.4, 0.5) is 11.5 Å². The number of aromatic nitrogens is 1. The quantitative estimate of drug-likeness (QED) is 0.403. The second kappa shape index (κ2) is 9.08. The van der Waals surface area contributed by atoms with E-state index in [2.05, 4.69) is 10.3 Å². The summed E-state index contributed by atoms with van der Waals surface area (Å²) in [5.74, 6) is 0.684. The third-order valence-corrected chi connectivity index (χ3v) is 2.38. The van der Waals surface area contributed by atoms with Gasteiger partial charge in [-0.05, 0) is 12.8 Å². The molecular weight excluding hydrogens is 262 g/mol. The number of pyridine rings is 1. The van der Waals surface area contributed by atoms with Gasteiger partial charge in [-0.2, -0.15) is 4.98 Å². The minimum Gasteiger partial charge on any atom is -0.475 e. The maximum atomic E-state index is 10.9. The number of nitrogens with zero attached hydrogens (tertiary/aromatic N) is 2. The van der Waals surface area contributed by atoms with E-state index in [9.17, 15) is 10.1 Å². The molecule has 0 bridgehead atoms. The summed E-state index contributed by atoms with van der Waals surface area (Å²) in [4.78, 5) is 14.6. The number of anilines is 1. The zero-order valence-corrected chi connectivity index (χ0v) is 11.9. The third kappa shape index (κ3) is 5.83. The molecule has 1 N–H and O–H groups in total. The average molecular weight is 283 g/mol. The predicted molar refractivity (Wildman–Crippen MR) is 76.3 cm³/mol. The van der Waals surface area contributed by atoms with Gasteiger partial charge in [0, 0.05) is 13.2 Å². The van der Waals surface area contributed by atoms with E-state index in [0.717, 1.165) is 12.8 Å². The zero-order valence-electron chi connectivity index (χ0n) is 11.9. The van der Waals surface area contributed by atoms with Crippen molar-refractivity contribution in [1.82, 2.24) is 4.98 Å². The molecule has 0 aromatic carbocycles. The molecule has 1 aromatic rings. The Kier molecular flexibility index (Phi) is 7.34. The van der Waals surface area contributed by atoms with Crippen LogP contribution in [-0.2, 0) is 4.74 Å². The molecular formula is C13H21N3O4. The SMILES string of the molecule is CCCNc1cc([N+](=O)[O-])cc(OCCOCCC)n1. The second-order valence-electron chi connectivity index (χ2n) is 4.19. The summed E-state index contributed by atoms with van der Waals surface area (Å²) in [6, 6.07) is 2.72. The maximum absolute atomic E-state index is 10.9. The number of nitrogens with one attached hydrogen (secondary N) is 1. The van der Waals surface area contributed by atoms with E-state index in [-0.39, 0.29) is 11.6 Å². The highest BCUT2D eigenvalue weighted by molar-refractivity contribution is 5.48. The lowest BCUT2D eigenvalue weighted by Crippen LogP contribution is -2.09. The Bertz CT molecular complexity index is 426. The van der Waals surface area contributed by atoms with E-state index in [4.69, 9.17) is 9.47 Å². The molecule has 7 heteroatoms. The van der Waals surface area contributed by atoms with Crippen LogP contribution < -0.4 is 10.1 Å². The van der Waals surface area contributed by atoms with Crippen molar-refractivity contribution in [3.8, 4) is 5.88 Å². The molecule has 0 aliphatic heterocycles. The molecule has 20 heavy (non-hydrogen) atoms. The number of ether oxygens (including phenoxy) is 2. The van der Waals surface area contributed by atoms with Crippen LogP contribution in [0.15, 0.2) is 12.1 Å². The molecule has 0 spiro atoms. The molecule has 1 heterocycles. The van der Waals surface area contributed by atoms with Crippen LogP contribution >= 0.6 is 0 Å². The summed E-state index contributed by atoms with van der Waals surface area (Å²) in [7, 11) is 0. The fourth-order valence-electron chi connectivity index (χ4n) is 1.47. The normalized spacial score (nSPS) is 10.3. The molecule has 0 aliphatic rings. The van der Waals surface area contributed by atoms with E-state index >= 15 is 0 Å². The van der Waals surface area contributed by atoms with Crippen molar-refractivity contribution in [2.24, 2.45) is 0 Å². The van der Waals surface area contributed by atoms with E-state index in [1.54, 1.807) is 0 Å². The fourth-order valence-corrected chi connectivity index (χ4v) is 1.47. The summed E-state index contributed by atoms with van der Waals surface area (Å²) in [5, 5.41) is 13.9. The van der Waals surface area contributed by atoms with Gasteiger partial charge in [-0.25, -0.2) is 0 Å². The molecule has 0 fully saturated rings. The summed E-state index contributed by atoms with van der Waals surface area (Å²) in [5.41, 5.74) is -0.0388. The molecule has 0 saturated carbocycles. The molecule has 0 saturated heterocycles. The first-order valence-electron chi connectivity index (χ1n) is 6.78. The van der Waals surface area contributed by atoms with Crippen LogP contribution in [0.1, 0.15) is 26.7 Å². The summed E-state index contributed by atoms with van der Waals surface area (Å²) >= 11 is 0. The molecule has 0 unspecified atom stereocenters. The maximum Gasteiger partial charge on any atom is 0.278 e. The van der Waals surface area contributed by atoms with Crippen molar-refractivity contribution in [2.45, 2.75) is 26.7 Å². The Morgan fingerprint density at radius 2 is 2.05 bits per heavy atom. The third-order valence-electron chi connectivity index (χ3n) is 2.38. The van der Waals surface area contributed by atoms with Crippen molar-refractivity contribution in [3.05, 3.63) is 22.2 Å². The van der Waals surface area contributed by atoms with Crippen molar-refractivity contribution >= 4 is 11.5 Å². The van der Waals surface area contributed by atoms with Gasteiger partial charge in [0.15, 0.2) is 0 Å². The highest BCUT2D eigenvalue weighted by atomic mass is 16.6. The van der Waals surface area contributed by atoms with E-state index in [1.807, 2.05) is 13.8 Å². The average Bonchev–Trinajstić information content (AvgIpc) is 2.44. The molecule has 0 amide bonds. The zero-order chi connectivity index (χ0) is 14.8. The van der Waals surface area contributed by atoms with Crippen molar-refractivity contribution < 1.29 is 14.4 Å². The Morgan fingerprint density at radius 1 is 1.25 bits per heavy atom. The Morgan fingerprint density at radius 3 is 2.70 bits per heavy atom. The summed E-state index contributed by atoms with van der Waals surface area (Å²) in [6.07, 6.45) is 1.85. The first-order chi connectivity index (χ1) is 9.67. The minimum absolute atomic E-state index is 0.0388. The number of rotatable bonds is 10. The molecule has 0 radical (unpaired) electrons. The van der Waals surface area contributed by atoms with Crippen LogP contribution in [0.25, 0.3) is 0 Å². The van der Waals surface area contributed by atoms with Gasteiger partial charge in [-0.15, -0.1) is 0 Å². The Labute approximate surface area is 118 Å². The van der Waals surface area contributed by atoms with Gasteiger partial charge >= 0.3 is 0 Å². The van der Waals surface area contributed by atoms with Crippen LogP contribution in [0.5, 0.6) is 5.88 Å². The Balaban J connectivity index is 2.63. The highest BCUT2D eigenvalue weighted by Gasteiger charge is 2.11. The second-order valence-corrected chi connectivity index (χ2v) is 4.19. The number of nitro groups is 1. The lowest BCUT2D eigenvalue weighted by atomic mass is 10.3. The van der Waals surface area contributed by atoms with Gasteiger partial charge in [0.05, 0.1) is 23.7 Å². The summed E-state index contributed by atoms with van der Waals surface area (Å²) < 4.78 is 10.7. The molecule has 0 aliphatic carbocycles. The van der Waals surface area contributed by atoms with Gasteiger partial charge in [0.2, 0.25) is 5.88 Å². The predicted octanol–water partition coefficient (Wildman–Crippen LogP) is 2.62. The molecule has 1 rings (SSSR count). The molecule has 112 valence electrons. The lowest BCUT2D eigenvalue weighted by molar-refractivity contribution is -0.384. The van der Waals surface area contributed by atoms with E-state index in [0.29, 0.717) is 32.2 Å². The first kappa shape index (κ1) is 16.2. The van der Waals surface area contributed by atoms with Crippen LogP contribution in [0.3, 0.4) is 0 Å². The lowest BCUT2D eigenvalue weighted by Gasteiger charge is -2.08. The molecule has 0 atom stereocenters. The van der Waals surface area contributed by atoms with Crippen LogP contribution in [0.2, 0.25) is 0 Å². The van der Waals surface area contributed by atoms with Crippen molar-refractivity contribution in [3.63, 3.8) is 0 Å². The number of hydrogen-bond acceptors (Lipinski definition) is 6. The van der Waals surface area contributed by atoms with Gasteiger partial charge in [-0.3, -0.25) is 10.1 Å². The molecule has 7 nitrogen and oxygen atoms in total. The largest absolute Gasteiger partial charge is 0.475 e. The van der Waals surface area contributed by atoms with Gasteiger partial charge in [-0.1, -0.05) is 13.8 Å². The standard InChI is InChI=1S/C13H21N3O4/c1-3-5-14-12-9-11(16(17)18)10-13(15-12)20-8-7-19-6-4-2/h9-10H,3-8H2,1-2H3,(H,14,15). The van der Waals surface area contributed by atoms with Crippen LogP contribution in [0, 0.1) is 10.1 Å². The first-order valence-corrected chi connectivity index (χ1v) is 6.78. The minimum atomic E-state index is -0.459. The molecule has 1 aromatic heterocycles. The topological polar surface area (TPSA) is 86.5 Å². The van der Waals surface area contributed by atoms with Gasteiger partial charge in [0.1, 0.15) is 12.4 Å². The van der Waals surface area contributed by atoms with Crippen molar-refractivity contribution in [1.29, 1.82) is 0 Å². The monoisotopic (exact) mass is 283 g/mol. The smallest absolute Gasteiger partial charge is 0.278 e. The fraction of sp³-hybridized carbons (Fsp3) is 0.615. The highest BCUT2D eigenvalue weighted by Crippen LogP contribution is 2.22. The number of hydrogen-bond donors (Lipinski definition) is 1. The van der Waals surface area contributed by atoms with Gasteiger partial charge in [0.25, 0.3) is 5.69 Å². The van der Waals surface area contributed by atoms with Crippen LogP contribution in [-0.4, -0.2) is 36.3 Å².